The van der Waals surface area contributed by atoms with Gasteiger partial charge >= 0.3 is 12.0 Å². The van der Waals surface area contributed by atoms with E-state index in [0.717, 1.165) is 76.7 Å². The second-order valence-corrected chi connectivity index (χ2v) is 17.6. The molecule has 0 aliphatic rings. The molecule has 0 aromatic carbocycles. The van der Waals surface area contributed by atoms with Crippen LogP contribution in [-0.2, 0) is 19.1 Å². The van der Waals surface area contributed by atoms with E-state index in [1.165, 1.54) is 141 Å². The maximum Gasteiger partial charge on any atom is 0.315 e. The molecule has 0 bridgehead atoms. The first kappa shape index (κ1) is 58.3. The van der Waals surface area contributed by atoms with Gasteiger partial charge in [-0.3, -0.25) is 9.59 Å². The molecule has 0 heterocycles. The lowest BCUT2D eigenvalue weighted by Crippen LogP contribution is -2.42. The third kappa shape index (κ3) is 45.3. The van der Waals surface area contributed by atoms with Gasteiger partial charge in [0, 0.05) is 19.0 Å². The highest BCUT2D eigenvalue weighted by molar-refractivity contribution is 5.74. The summed E-state index contributed by atoms with van der Waals surface area (Å²) in [5.41, 5.74) is 0. The molecule has 0 saturated heterocycles. The molecule has 0 aliphatic carbocycles. The van der Waals surface area contributed by atoms with Crippen molar-refractivity contribution in [3.05, 3.63) is 0 Å². The zero-order valence-corrected chi connectivity index (χ0v) is 40.0. The van der Waals surface area contributed by atoms with E-state index in [-0.39, 0.29) is 18.0 Å². The number of urea groups is 1. The average molecular weight is 824 g/mol. The number of unbranched alkanes of at least 4 members (excludes halogenated alkanes) is 17. The van der Waals surface area contributed by atoms with Crippen LogP contribution in [0.1, 0.15) is 247 Å². The van der Waals surface area contributed by atoms with E-state index in [1.54, 1.807) is 0 Å². The smallest absolute Gasteiger partial charge is 0.315 e. The van der Waals surface area contributed by atoms with Crippen molar-refractivity contribution in [1.82, 2.24) is 15.5 Å². The lowest BCUT2D eigenvalue weighted by Gasteiger charge is -2.19. The Labute approximate surface area is 361 Å². The zero-order chi connectivity index (χ0) is 43.2. The van der Waals surface area contributed by atoms with Gasteiger partial charge < -0.3 is 25.0 Å². The first-order chi connectivity index (χ1) is 28.3. The summed E-state index contributed by atoms with van der Waals surface area (Å²) in [6.07, 6.45) is 39.7. The molecule has 0 radical (unpaired) electrons. The Morgan fingerprint density at radius 3 is 1.40 bits per heavy atom. The van der Waals surface area contributed by atoms with Crippen LogP contribution in [0.5, 0.6) is 0 Å². The van der Waals surface area contributed by atoms with Gasteiger partial charge in [0.2, 0.25) is 0 Å². The normalized spacial score (nSPS) is 11.8. The highest BCUT2D eigenvalue weighted by Gasteiger charge is 2.13. The van der Waals surface area contributed by atoms with Gasteiger partial charge in [0.1, 0.15) is 0 Å². The average Bonchev–Trinajstić information content (AvgIpc) is 3.20. The number of nitrogens with one attached hydrogen (secondary N) is 2. The van der Waals surface area contributed by atoms with Crippen LogP contribution in [-0.4, -0.2) is 69.8 Å². The molecular formula is C50H101N3O5. The molecule has 8 heteroatoms. The molecule has 1 atom stereocenters. The molecule has 0 spiro atoms. The van der Waals surface area contributed by atoms with Crippen molar-refractivity contribution in [2.75, 3.05) is 40.4 Å². The SMILES string of the molecule is CCCCCC(CCCCC)CCOC=O.CCCCCCCCC(CCCCCCCC(=O)OCCC(CCCCC)CCCCC)NC(=O)NCCCN(C)C. The number of amides is 2. The van der Waals surface area contributed by atoms with E-state index in [2.05, 4.69) is 64.2 Å². The summed E-state index contributed by atoms with van der Waals surface area (Å²) in [5.74, 6) is 1.46. The largest absolute Gasteiger partial charge is 0.468 e. The van der Waals surface area contributed by atoms with Crippen LogP contribution < -0.4 is 10.6 Å². The van der Waals surface area contributed by atoms with Gasteiger partial charge in [-0.2, -0.15) is 0 Å². The van der Waals surface area contributed by atoms with Crippen molar-refractivity contribution >= 4 is 18.5 Å². The quantitative estimate of drug-likeness (QED) is 0.0361. The number of nitrogens with zero attached hydrogens (tertiary/aromatic N) is 1. The first-order valence-corrected chi connectivity index (χ1v) is 25.2. The lowest BCUT2D eigenvalue weighted by atomic mass is 9.92. The second kappa shape index (κ2) is 47.8. The third-order valence-electron chi connectivity index (χ3n) is 11.6. The van der Waals surface area contributed by atoms with Crippen molar-refractivity contribution in [2.45, 2.75) is 253 Å². The van der Waals surface area contributed by atoms with Crippen molar-refractivity contribution in [1.29, 1.82) is 0 Å². The Morgan fingerprint density at radius 1 is 0.517 bits per heavy atom. The molecule has 8 nitrogen and oxygen atoms in total. The highest BCUT2D eigenvalue weighted by Crippen LogP contribution is 2.22. The standard InChI is InChI=1S/C36H73N3O3.C14H28O2/c1-6-9-12-13-15-20-26-34(38-36(41)37-30-23-31-39(4)5)27-21-16-14-17-22-28-35(40)42-32-29-33(24-18-10-7-2)25-19-11-8-3;1-3-5-7-9-14(10-8-6-4-2)11-12-16-13-15/h33-34H,6-32H2,1-5H3,(H2,37,38,41);13-14H,3-12H2,1-2H3. The summed E-state index contributed by atoms with van der Waals surface area (Å²) < 4.78 is 10.4. The molecule has 2 amide bonds. The summed E-state index contributed by atoms with van der Waals surface area (Å²) in [6, 6.07) is 0.240. The van der Waals surface area contributed by atoms with Gasteiger partial charge in [-0.25, -0.2) is 4.79 Å². The van der Waals surface area contributed by atoms with E-state index in [9.17, 15) is 14.4 Å². The van der Waals surface area contributed by atoms with Crippen molar-refractivity contribution in [2.24, 2.45) is 11.8 Å². The highest BCUT2D eigenvalue weighted by atomic mass is 16.5. The minimum Gasteiger partial charge on any atom is -0.468 e. The van der Waals surface area contributed by atoms with Gasteiger partial charge in [0.05, 0.1) is 13.2 Å². The zero-order valence-electron chi connectivity index (χ0n) is 40.0. The Morgan fingerprint density at radius 2 is 0.931 bits per heavy atom. The molecule has 0 fully saturated rings. The monoisotopic (exact) mass is 824 g/mol. The topological polar surface area (TPSA) is 97.0 Å². The summed E-state index contributed by atoms with van der Waals surface area (Å²) in [6.45, 7) is 14.7. The van der Waals surface area contributed by atoms with Crippen LogP contribution >= 0.6 is 0 Å². The van der Waals surface area contributed by atoms with Gasteiger partial charge in [-0.1, -0.05) is 202 Å². The van der Waals surface area contributed by atoms with Crippen LogP contribution in [0.4, 0.5) is 4.79 Å². The van der Waals surface area contributed by atoms with Gasteiger partial charge in [0.15, 0.2) is 0 Å². The van der Waals surface area contributed by atoms with Crippen LogP contribution in [0, 0.1) is 11.8 Å². The Balaban J connectivity index is 0. The number of hydrogen-bond donors (Lipinski definition) is 2. The number of carbonyl (C=O) groups excluding carboxylic acids is 3. The predicted octanol–water partition coefficient (Wildman–Crippen LogP) is 14.1. The van der Waals surface area contributed by atoms with E-state index >= 15 is 0 Å². The van der Waals surface area contributed by atoms with Gasteiger partial charge in [0.25, 0.3) is 6.47 Å². The summed E-state index contributed by atoms with van der Waals surface area (Å²) in [5, 5.41) is 6.29. The fraction of sp³-hybridized carbons (Fsp3) is 0.940. The maximum absolute atomic E-state index is 12.5. The molecule has 1 unspecified atom stereocenters. The Kier molecular flexibility index (Phi) is 48.1. The van der Waals surface area contributed by atoms with Crippen LogP contribution in [0.2, 0.25) is 0 Å². The number of carbonyl (C=O) groups is 3. The molecule has 2 N–H and O–H groups in total. The number of ether oxygens (including phenoxy) is 2. The molecule has 0 aromatic rings. The van der Waals surface area contributed by atoms with Crippen LogP contribution in [0.25, 0.3) is 0 Å². The summed E-state index contributed by atoms with van der Waals surface area (Å²) in [7, 11) is 4.12. The minimum absolute atomic E-state index is 0.0171. The van der Waals surface area contributed by atoms with Crippen LogP contribution in [0.15, 0.2) is 0 Å². The van der Waals surface area contributed by atoms with E-state index < -0.39 is 0 Å². The fourth-order valence-corrected chi connectivity index (χ4v) is 7.78. The van der Waals surface area contributed by atoms with E-state index in [0.29, 0.717) is 38.6 Å². The fourth-order valence-electron chi connectivity index (χ4n) is 7.78. The molecule has 0 saturated carbocycles. The van der Waals surface area contributed by atoms with Crippen molar-refractivity contribution in [3.63, 3.8) is 0 Å². The summed E-state index contributed by atoms with van der Waals surface area (Å²) in [4.78, 5) is 37.0. The predicted molar refractivity (Wildman–Crippen MR) is 250 cm³/mol. The van der Waals surface area contributed by atoms with E-state index in [4.69, 9.17) is 9.47 Å². The molecule has 0 aromatic heterocycles. The molecule has 0 rings (SSSR count). The summed E-state index contributed by atoms with van der Waals surface area (Å²) >= 11 is 0. The Bertz CT molecular complexity index is 837. The van der Waals surface area contributed by atoms with Gasteiger partial charge in [-0.15, -0.1) is 0 Å². The van der Waals surface area contributed by atoms with Crippen molar-refractivity contribution in [3.8, 4) is 0 Å². The maximum atomic E-state index is 12.5. The lowest BCUT2D eigenvalue weighted by molar-refractivity contribution is -0.144. The van der Waals surface area contributed by atoms with Gasteiger partial charge in [-0.05, 0) is 71.0 Å². The minimum atomic E-state index is -0.0179. The third-order valence-corrected chi connectivity index (χ3v) is 11.6. The number of esters is 1. The second-order valence-electron chi connectivity index (χ2n) is 17.6. The molecule has 0 aliphatic heterocycles. The number of rotatable bonds is 43. The first-order valence-electron chi connectivity index (χ1n) is 25.2. The van der Waals surface area contributed by atoms with Crippen molar-refractivity contribution < 1.29 is 23.9 Å². The Hall–Kier alpha value is -1.83. The molecule has 58 heavy (non-hydrogen) atoms. The number of hydrogen-bond acceptors (Lipinski definition) is 6. The van der Waals surface area contributed by atoms with E-state index in [1.807, 2.05) is 0 Å². The van der Waals surface area contributed by atoms with Crippen LogP contribution in [0.3, 0.4) is 0 Å². The molecule has 346 valence electrons. The molecular weight excluding hydrogens is 723 g/mol.